The first kappa shape index (κ1) is 25.5. The smallest absolute Gasteiger partial charge is 0.312 e. The molecule has 1 fully saturated rings. The van der Waals surface area contributed by atoms with Gasteiger partial charge in [-0.05, 0) is 54.8 Å². The van der Waals surface area contributed by atoms with E-state index in [1.54, 1.807) is 12.1 Å². The lowest BCUT2D eigenvalue weighted by atomic mass is 10.0. The normalized spacial score (nSPS) is 15.6. The third-order valence-electron chi connectivity index (χ3n) is 5.69. The third-order valence-corrected chi connectivity index (χ3v) is 6.82. The maximum Gasteiger partial charge on any atom is 0.312 e. The average molecular weight is 492 g/mol. The number of rotatable bonds is 9. The van der Waals surface area contributed by atoms with Gasteiger partial charge in [0.1, 0.15) is 17.1 Å². The number of sulfone groups is 1. The van der Waals surface area contributed by atoms with Gasteiger partial charge < -0.3 is 30.9 Å². The SMILES string of the molecule is CS(=O)(=O)c1cc([C@@H](O)CNC2CCN(c3ccc(NC(=O)CC(=O)O)cc3)CC2)ccc1O. The van der Waals surface area contributed by atoms with Crippen molar-refractivity contribution in [2.75, 3.05) is 36.1 Å². The van der Waals surface area contributed by atoms with Gasteiger partial charge in [-0.15, -0.1) is 0 Å². The van der Waals surface area contributed by atoms with Gasteiger partial charge in [0.25, 0.3) is 0 Å². The van der Waals surface area contributed by atoms with Gasteiger partial charge in [0.2, 0.25) is 5.91 Å². The largest absolute Gasteiger partial charge is 0.507 e. The number of carbonyl (C=O) groups excluding carboxylic acids is 1. The van der Waals surface area contributed by atoms with Crippen LogP contribution in [0.1, 0.15) is 30.9 Å². The number of anilines is 2. The van der Waals surface area contributed by atoms with Crippen molar-refractivity contribution in [1.29, 1.82) is 0 Å². The first-order valence-electron chi connectivity index (χ1n) is 10.8. The van der Waals surface area contributed by atoms with Crippen molar-refractivity contribution in [1.82, 2.24) is 5.32 Å². The van der Waals surface area contributed by atoms with E-state index in [0.717, 1.165) is 37.9 Å². The molecule has 34 heavy (non-hydrogen) atoms. The maximum atomic E-state index is 11.8. The summed E-state index contributed by atoms with van der Waals surface area (Å²) in [5, 5.41) is 34.8. The molecule has 10 nitrogen and oxygen atoms in total. The predicted octanol–water partition coefficient (Wildman–Crippen LogP) is 1.50. The Balaban J connectivity index is 1.48. The molecule has 1 saturated heterocycles. The Kier molecular flexibility index (Phi) is 8.13. The van der Waals surface area contributed by atoms with Gasteiger partial charge in [-0.1, -0.05) is 6.07 Å². The Morgan fingerprint density at radius 2 is 1.76 bits per heavy atom. The number of amides is 1. The molecule has 5 N–H and O–H groups in total. The van der Waals surface area contributed by atoms with Crippen molar-refractivity contribution < 1.29 is 33.3 Å². The predicted molar refractivity (Wildman–Crippen MR) is 127 cm³/mol. The Labute approximate surface area is 198 Å². The summed E-state index contributed by atoms with van der Waals surface area (Å²) >= 11 is 0. The Hall–Kier alpha value is -3.15. The molecule has 1 atom stereocenters. The van der Waals surface area contributed by atoms with Crippen LogP contribution < -0.4 is 15.5 Å². The Bertz CT molecular complexity index is 1130. The van der Waals surface area contributed by atoms with E-state index in [0.29, 0.717) is 11.3 Å². The lowest BCUT2D eigenvalue weighted by molar-refractivity contribution is -0.139. The van der Waals surface area contributed by atoms with E-state index < -0.39 is 34.2 Å². The van der Waals surface area contributed by atoms with E-state index >= 15 is 0 Å². The number of aliphatic carboxylic acids is 1. The molecule has 184 valence electrons. The molecule has 1 amide bonds. The van der Waals surface area contributed by atoms with E-state index in [1.165, 1.54) is 18.2 Å². The van der Waals surface area contributed by atoms with Crippen LogP contribution in [0.4, 0.5) is 11.4 Å². The molecule has 0 unspecified atom stereocenters. The van der Waals surface area contributed by atoms with Crippen molar-refractivity contribution in [2.24, 2.45) is 0 Å². The summed E-state index contributed by atoms with van der Waals surface area (Å²) in [5.41, 5.74) is 1.94. The number of phenols is 1. The Morgan fingerprint density at radius 3 is 2.35 bits per heavy atom. The molecule has 11 heteroatoms. The molecule has 0 aromatic heterocycles. The fourth-order valence-electron chi connectivity index (χ4n) is 3.87. The topological polar surface area (TPSA) is 156 Å². The number of hydrogen-bond donors (Lipinski definition) is 5. The number of benzene rings is 2. The highest BCUT2D eigenvalue weighted by Gasteiger charge is 2.21. The second-order valence-corrected chi connectivity index (χ2v) is 10.3. The standard InChI is InChI=1S/C23H29N3O7S/c1-34(32,33)21-12-15(2-7-19(21)27)20(28)14-24-16-8-10-26(11-9-16)18-5-3-17(4-6-18)25-22(29)13-23(30)31/h2-7,12,16,20,24,27-28H,8-11,13-14H2,1H3,(H,25,29)(H,30,31)/t20-/m0/s1. The van der Waals surface area contributed by atoms with Crippen molar-refractivity contribution in [2.45, 2.75) is 36.3 Å². The molecule has 2 aromatic carbocycles. The number of aliphatic hydroxyl groups excluding tert-OH is 1. The third kappa shape index (κ3) is 6.92. The summed E-state index contributed by atoms with van der Waals surface area (Å²) in [5.74, 6) is -2.09. The van der Waals surface area contributed by atoms with E-state index in [9.17, 15) is 28.2 Å². The number of carboxylic acids is 1. The van der Waals surface area contributed by atoms with Crippen LogP contribution >= 0.6 is 0 Å². The molecule has 0 spiro atoms. The summed E-state index contributed by atoms with van der Waals surface area (Å²) in [6.45, 7) is 1.83. The van der Waals surface area contributed by atoms with Crippen LogP contribution in [0, 0.1) is 0 Å². The summed E-state index contributed by atoms with van der Waals surface area (Å²) in [6, 6.07) is 11.5. The average Bonchev–Trinajstić information content (AvgIpc) is 2.77. The molecule has 3 rings (SSSR count). The zero-order valence-corrected chi connectivity index (χ0v) is 19.6. The van der Waals surface area contributed by atoms with Gasteiger partial charge >= 0.3 is 5.97 Å². The van der Waals surface area contributed by atoms with Crippen LogP contribution in [0.25, 0.3) is 0 Å². The molecule has 0 radical (unpaired) electrons. The van der Waals surface area contributed by atoms with Gasteiger partial charge in [-0.3, -0.25) is 9.59 Å². The van der Waals surface area contributed by atoms with E-state index in [1.807, 2.05) is 12.1 Å². The molecule has 0 aliphatic carbocycles. The highest BCUT2D eigenvalue weighted by molar-refractivity contribution is 7.90. The number of carbonyl (C=O) groups is 2. The molecule has 2 aromatic rings. The minimum atomic E-state index is -3.60. The molecule has 1 aliphatic heterocycles. The second kappa shape index (κ2) is 10.9. The molecular formula is C23H29N3O7S. The highest BCUT2D eigenvalue weighted by atomic mass is 32.2. The monoisotopic (exact) mass is 491 g/mol. The summed E-state index contributed by atoms with van der Waals surface area (Å²) in [4.78, 5) is 24.1. The number of hydrogen-bond acceptors (Lipinski definition) is 8. The van der Waals surface area contributed by atoms with Crippen molar-refractivity contribution in [3.63, 3.8) is 0 Å². The molecule has 0 saturated carbocycles. The first-order valence-corrected chi connectivity index (χ1v) is 12.7. The second-order valence-electron chi connectivity index (χ2n) is 8.35. The molecule has 1 aliphatic rings. The number of aromatic hydroxyl groups is 1. The number of carboxylic acid groups (broad SMARTS) is 1. The van der Waals surface area contributed by atoms with E-state index in [4.69, 9.17) is 5.11 Å². The lowest BCUT2D eigenvalue weighted by Gasteiger charge is -2.34. The van der Waals surface area contributed by atoms with Crippen LogP contribution in [0.2, 0.25) is 0 Å². The minimum absolute atomic E-state index is 0.187. The summed E-state index contributed by atoms with van der Waals surface area (Å²) < 4.78 is 23.6. The number of piperidine rings is 1. The zero-order valence-electron chi connectivity index (χ0n) is 18.8. The molecule has 1 heterocycles. The maximum absolute atomic E-state index is 11.8. The fourth-order valence-corrected chi connectivity index (χ4v) is 4.67. The Morgan fingerprint density at radius 1 is 1.12 bits per heavy atom. The fraction of sp³-hybridized carbons (Fsp3) is 0.391. The van der Waals surface area contributed by atoms with Crippen LogP contribution in [-0.2, 0) is 19.4 Å². The highest BCUT2D eigenvalue weighted by Crippen LogP contribution is 2.27. The van der Waals surface area contributed by atoms with Crippen LogP contribution in [0.5, 0.6) is 5.75 Å². The van der Waals surface area contributed by atoms with Crippen molar-refractivity contribution in [3.05, 3.63) is 48.0 Å². The van der Waals surface area contributed by atoms with Crippen LogP contribution in [-0.4, -0.2) is 67.5 Å². The van der Waals surface area contributed by atoms with Crippen LogP contribution in [0.3, 0.4) is 0 Å². The number of phenolic OH excluding ortho intramolecular Hbond substituents is 1. The first-order chi connectivity index (χ1) is 16.0. The number of nitrogens with zero attached hydrogens (tertiary/aromatic N) is 1. The van der Waals surface area contributed by atoms with Gasteiger partial charge in [-0.2, -0.15) is 0 Å². The van der Waals surface area contributed by atoms with Gasteiger partial charge in [-0.25, -0.2) is 8.42 Å². The molecular weight excluding hydrogens is 462 g/mol. The summed E-state index contributed by atoms with van der Waals surface area (Å²) in [6.07, 6.45) is 1.20. The lowest BCUT2D eigenvalue weighted by Crippen LogP contribution is -2.43. The quantitative estimate of drug-likeness (QED) is 0.328. The zero-order chi connectivity index (χ0) is 24.9. The van der Waals surface area contributed by atoms with Crippen molar-refractivity contribution in [3.8, 4) is 5.75 Å². The van der Waals surface area contributed by atoms with Gasteiger partial charge in [0, 0.05) is 43.3 Å². The van der Waals surface area contributed by atoms with Crippen LogP contribution in [0.15, 0.2) is 47.4 Å². The van der Waals surface area contributed by atoms with Crippen molar-refractivity contribution >= 4 is 33.1 Å². The van der Waals surface area contributed by atoms with E-state index in [-0.39, 0.29) is 23.2 Å². The summed E-state index contributed by atoms with van der Waals surface area (Å²) in [7, 11) is -3.60. The number of nitrogens with one attached hydrogen (secondary N) is 2. The van der Waals surface area contributed by atoms with Gasteiger partial charge in [0.05, 0.1) is 6.10 Å². The molecule has 0 bridgehead atoms. The number of aliphatic hydroxyl groups is 1. The minimum Gasteiger partial charge on any atom is -0.507 e. The van der Waals surface area contributed by atoms with Gasteiger partial charge in [0.15, 0.2) is 9.84 Å². The van der Waals surface area contributed by atoms with E-state index in [2.05, 4.69) is 15.5 Å².